The molecular weight excluding hydrogens is 380 g/mol. The van der Waals surface area contributed by atoms with Gasteiger partial charge in [0.15, 0.2) is 0 Å². The lowest BCUT2D eigenvalue weighted by atomic mass is 9.65. The van der Waals surface area contributed by atoms with Crippen LogP contribution < -0.4 is 0 Å². The third kappa shape index (κ3) is 5.16. The second-order valence-electron chi connectivity index (χ2n) is 8.66. The fraction of sp³-hybridized carbons (Fsp3) is 0.760. The molecule has 1 heterocycles. The molecule has 1 aliphatic heterocycles. The molecule has 0 spiro atoms. The van der Waals surface area contributed by atoms with E-state index in [1.54, 1.807) is 6.92 Å². The van der Waals surface area contributed by atoms with Crippen LogP contribution in [0.15, 0.2) is 23.7 Å². The molecule has 168 valence electrons. The molecular formula is C25H38O5. The number of hydrogen-bond acceptors (Lipinski definition) is 5. The largest absolute Gasteiger partial charge is 0.462 e. The Labute approximate surface area is 199 Å². The van der Waals surface area contributed by atoms with Crippen molar-refractivity contribution in [1.29, 1.82) is 1.43 Å². The molecule has 1 fully saturated rings. The Bertz CT molecular complexity index is 1210. The van der Waals surface area contributed by atoms with E-state index in [0.717, 1.165) is 0 Å². The van der Waals surface area contributed by atoms with Crippen molar-refractivity contribution in [1.82, 2.24) is 0 Å². The Morgan fingerprint density at radius 3 is 3.03 bits per heavy atom. The molecule has 3 aliphatic rings. The van der Waals surface area contributed by atoms with Crippen molar-refractivity contribution in [2.75, 3.05) is 0 Å². The van der Waals surface area contributed by atoms with Gasteiger partial charge >= 0.3 is 11.9 Å². The van der Waals surface area contributed by atoms with Gasteiger partial charge in [0.2, 0.25) is 1.43 Å². The van der Waals surface area contributed by atoms with Crippen LogP contribution in [0.25, 0.3) is 0 Å². The number of carbonyl (C=O) groups excluding carboxylic acids is 2. The van der Waals surface area contributed by atoms with Crippen LogP contribution in [-0.2, 0) is 19.1 Å². The summed E-state index contributed by atoms with van der Waals surface area (Å²) in [6, 6.07) is -2.41. The van der Waals surface area contributed by atoms with Gasteiger partial charge in [0, 0.05) is 24.7 Å². The summed E-state index contributed by atoms with van der Waals surface area (Å²) < 4.78 is 120. The lowest BCUT2D eigenvalue weighted by Gasteiger charge is -2.44. The van der Waals surface area contributed by atoms with Crippen LogP contribution in [0.3, 0.4) is 0 Å². The fourth-order valence-corrected chi connectivity index (χ4v) is 3.82. The van der Waals surface area contributed by atoms with Gasteiger partial charge in [-0.2, -0.15) is 0 Å². The number of aliphatic hydroxyl groups is 1. The van der Waals surface area contributed by atoms with Crippen molar-refractivity contribution in [3.05, 3.63) is 23.7 Å². The lowest BCUT2D eigenvalue weighted by Crippen LogP contribution is -2.43. The first-order valence-electron chi connectivity index (χ1n) is 16.7. The van der Waals surface area contributed by atoms with Crippen molar-refractivity contribution in [2.24, 2.45) is 29.0 Å². The Morgan fingerprint density at radius 2 is 2.33 bits per heavy atom. The standard InChI is InChI=1S/C25H38O5/c1-6-25(4,5)24(28)30-21-12-15(2)11-17-8-7-16(3)20(23(17)21)10-9-19-13-18(26)14-22(27)29-19/h7-8,11,15-16,18-21,23,26H,6,9-10,12-14H2,1-5H3/t15-,16-,18+,19?,20-,21?,23-/m0/s1/i2D3,7D,8D,11D,12D2,14D2,15D,16D,26D. The SMILES string of the molecule is [2H]O[C@@H]1CC(CC[C@@H]2[C@@H]3C(=C([2H])[C@]([2H])(C([2H])([2H])[2H])C([2H])([2H])C3OC(=O)C(C)(C)CC)C([2H])=C([2H])[C@]2([2H])C)OC(=O)C1([2H])[2H]. The first-order chi connectivity index (χ1) is 19.3. The number of ether oxygens (including phenoxy) is 2. The van der Waals surface area contributed by atoms with Gasteiger partial charge in [-0.15, -0.1) is 0 Å². The maximum Gasteiger partial charge on any atom is 0.311 e. The molecule has 0 aromatic rings. The lowest BCUT2D eigenvalue weighted by molar-refractivity contribution is -0.166. The summed E-state index contributed by atoms with van der Waals surface area (Å²) in [6.07, 6.45) is -10.6. The maximum atomic E-state index is 13.3. The summed E-state index contributed by atoms with van der Waals surface area (Å²) in [5.74, 6) is -10.2. The summed E-state index contributed by atoms with van der Waals surface area (Å²) in [5, 5.41) is 4.42. The van der Waals surface area contributed by atoms with Crippen molar-refractivity contribution >= 4 is 11.9 Å². The number of carbonyl (C=O) groups is 2. The van der Waals surface area contributed by atoms with Gasteiger partial charge in [-0.1, -0.05) is 38.9 Å². The molecule has 0 aromatic carbocycles. The Balaban J connectivity index is 2.22. The molecule has 30 heavy (non-hydrogen) atoms. The van der Waals surface area contributed by atoms with Crippen molar-refractivity contribution < 1.29 is 40.6 Å². The van der Waals surface area contributed by atoms with Crippen molar-refractivity contribution in [2.45, 2.75) is 91.3 Å². The van der Waals surface area contributed by atoms with Gasteiger partial charge in [-0.3, -0.25) is 9.59 Å². The molecule has 5 heteroatoms. The summed E-state index contributed by atoms with van der Waals surface area (Å²) >= 11 is 0. The summed E-state index contributed by atoms with van der Waals surface area (Å²) in [6.45, 7) is 2.57. The highest BCUT2D eigenvalue weighted by Gasteiger charge is 2.43. The zero-order chi connectivity index (χ0) is 33.3. The van der Waals surface area contributed by atoms with Crippen LogP contribution in [0.1, 0.15) is 89.4 Å². The van der Waals surface area contributed by atoms with E-state index in [4.69, 9.17) is 27.4 Å². The predicted molar refractivity (Wildman–Crippen MR) is 115 cm³/mol. The van der Waals surface area contributed by atoms with Gasteiger partial charge in [-0.05, 0) is 62.8 Å². The minimum absolute atomic E-state index is 0.103. The van der Waals surface area contributed by atoms with E-state index in [0.29, 0.717) is 0 Å². The molecule has 1 saturated heterocycles. The normalized spacial score (nSPS) is 52.5. The van der Waals surface area contributed by atoms with Crippen LogP contribution in [0.5, 0.6) is 0 Å². The molecule has 3 rings (SSSR count). The molecule has 0 radical (unpaired) electrons. The van der Waals surface area contributed by atoms with Crippen molar-refractivity contribution in [3.8, 4) is 0 Å². The zero-order valence-electron chi connectivity index (χ0n) is 30.8. The number of esters is 2. The number of aliphatic hydroxyl groups excluding tert-OH is 1. The van der Waals surface area contributed by atoms with E-state index in [2.05, 4.69) is 5.11 Å². The van der Waals surface area contributed by atoms with Crippen LogP contribution in [0.2, 0.25) is 0 Å². The molecule has 0 bridgehead atoms. The first kappa shape index (κ1) is 11.3. The smallest absolute Gasteiger partial charge is 0.311 e. The summed E-state index contributed by atoms with van der Waals surface area (Å²) in [5.41, 5.74) is -1.64. The third-order valence-corrected chi connectivity index (χ3v) is 6.09. The second-order valence-corrected chi connectivity index (χ2v) is 8.66. The fourth-order valence-electron chi connectivity index (χ4n) is 3.82. The van der Waals surface area contributed by atoms with E-state index in [1.807, 2.05) is 0 Å². The molecule has 7 atom stereocenters. The molecule has 1 N–H and O–H groups in total. The molecule has 0 amide bonds. The van der Waals surface area contributed by atoms with Gasteiger partial charge in [0.1, 0.15) is 12.2 Å². The topological polar surface area (TPSA) is 72.8 Å². The quantitative estimate of drug-likeness (QED) is 0.597. The highest BCUT2D eigenvalue weighted by Crippen LogP contribution is 2.45. The average Bonchev–Trinajstić information content (AvgIpc) is 2.89. The van der Waals surface area contributed by atoms with E-state index >= 15 is 0 Å². The van der Waals surface area contributed by atoms with Crippen LogP contribution in [0.4, 0.5) is 0 Å². The molecule has 2 aliphatic carbocycles. The van der Waals surface area contributed by atoms with Crippen LogP contribution >= 0.6 is 0 Å². The van der Waals surface area contributed by atoms with Gasteiger partial charge in [-0.25, -0.2) is 0 Å². The third-order valence-electron chi connectivity index (χ3n) is 6.09. The summed E-state index contributed by atoms with van der Waals surface area (Å²) in [7, 11) is 0. The van der Waals surface area contributed by atoms with Crippen molar-refractivity contribution in [3.63, 3.8) is 0 Å². The molecule has 0 saturated carbocycles. The number of hydrogen-bond donors (Lipinski definition) is 1. The monoisotopic (exact) mass is 431 g/mol. The summed E-state index contributed by atoms with van der Waals surface area (Å²) in [4.78, 5) is 25.6. The molecule has 5 nitrogen and oxygen atoms in total. The Kier molecular flexibility index (Phi) is 3.49. The number of rotatable bonds is 7. The molecule has 0 aromatic heterocycles. The van der Waals surface area contributed by atoms with Gasteiger partial charge < -0.3 is 14.6 Å². The number of allylic oxidation sites excluding steroid dienone is 3. The van der Waals surface area contributed by atoms with E-state index < -0.39 is 103 Å². The van der Waals surface area contributed by atoms with Crippen LogP contribution in [-0.4, -0.2) is 36.8 Å². The second kappa shape index (κ2) is 9.25. The van der Waals surface area contributed by atoms with E-state index in [1.165, 1.54) is 20.8 Å². The molecule has 2 unspecified atom stereocenters. The number of cyclic esters (lactones) is 1. The average molecular weight is 432 g/mol. The Morgan fingerprint density at radius 1 is 1.53 bits per heavy atom. The van der Waals surface area contributed by atoms with Gasteiger partial charge in [0.05, 0.1) is 22.0 Å². The van der Waals surface area contributed by atoms with Gasteiger partial charge in [0.25, 0.3) is 0 Å². The minimum Gasteiger partial charge on any atom is -0.462 e. The predicted octanol–water partition coefficient (Wildman–Crippen LogP) is 4.59. The minimum atomic E-state index is -3.46. The van der Waals surface area contributed by atoms with E-state index in [9.17, 15) is 9.59 Å². The maximum absolute atomic E-state index is 13.3. The Hall–Kier alpha value is -1.62. The zero-order valence-corrected chi connectivity index (χ0v) is 17.8. The van der Waals surface area contributed by atoms with E-state index in [-0.39, 0.29) is 25.7 Å². The highest BCUT2D eigenvalue weighted by molar-refractivity contribution is 5.76. The van der Waals surface area contributed by atoms with Crippen LogP contribution in [0, 0.1) is 29.0 Å². The highest BCUT2D eigenvalue weighted by atomic mass is 16.6. The first-order valence-corrected chi connectivity index (χ1v) is 10.3. The number of fused-ring (bicyclic) bond motifs is 1.